The fourth-order valence-corrected chi connectivity index (χ4v) is 3.02. The second-order valence-corrected chi connectivity index (χ2v) is 6.37. The van der Waals surface area contributed by atoms with Crippen LogP contribution in [0.25, 0.3) is 11.0 Å². The fourth-order valence-electron chi connectivity index (χ4n) is 2.55. The molecule has 3 nitrogen and oxygen atoms in total. The summed E-state index contributed by atoms with van der Waals surface area (Å²) in [5.41, 5.74) is 0.982. The van der Waals surface area contributed by atoms with Crippen LogP contribution in [-0.2, 0) is 0 Å². The summed E-state index contributed by atoms with van der Waals surface area (Å²) in [6, 6.07) is 12.6. The van der Waals surface area contributed by atoms with Crippen LogP contribution in [0, 0.1) is 0 Å². The van der Waals surface area contributed by atoms with E-state index in [1.54, 1.807) is 18.2 Å². The third kappa shape index (κ3) is 2.82. The lowest BCUT2D eigenvalue weighted by atomic mass is 10.2. The summed E-state index contributed by atoms with van der Waals surface area (Å²) in [7, 11) is 0. The molecule has 0 saturated heterocycles. The Bertz CT molecular complexity index is 910. The number of halogens is 2. The zero-order valence-corrected chi connectivity index (χ0v) is 13.5. The molecule has 3 aromatic rings. The molecule has 0 N–H and O–H groups in total. The number of furan rings is 1. The Morgan fingerprint density at radius 1 is 1.17 bits per heavy atom. The van der Waals surface area contributed by atoms with Crippen LogP contribution < -0.4 is 4.74 Å². The molecule has 2 aromatic carbocycles. The van der Waals surface area contributed by atoms with Crippen molar-refractivity contribution in [2.45, 2.75) is 18.8 Å². The van der Waals surface area contributed by atoms with Gasteiger partial charge in [0, 0.05) is 17.4 Å². The highest BCUT2D eigenvalue weighted by Crippen LogP contribution is 2.44. The SMILES string of the molecule is O=C(Cl)c1ccc(Oc2cccc3cc(C4CC4)oc23)cc1Cl. The lowest BCUT2D eigenvalue weighted by molar-refractivity contribution is 0.108. The van der Waals surface area contributed by atoms with Gasteiger partial charge in [-0.2, -0.15) is 0 Å². The van der Waals surface area contributed by atoms with Crippen LogP contribution in [0.15, 0.2) is 46.9 Å². The second kappa shape index (κ2) is 5.59. The van der Waals surface area contributed by atoms with Crippen molar-refractivity contribution in [3.63, 3.8) is 0 Å². The van der Waals surface area contributed by atoms with E-state index in [-0.39, 0.29) is 10.6 Å². The number of carbonyl (C=O) groups excluding carboxylic acids is 1. The zero-order valence-electron chi connectivity index (χ0n) is 12.0. The third-order valence-electron chi connectivity index (χ3n) is 3.89. The highest BCUT2D eigenvalue weighted by Gasteiger charge is 2.27. The predicted octanol–water partition coefficient (Wildman–Crippen LogP) is 6.13. The molecular weight excluding hydrogens is 335 g/mol. The van der Waals surface area contributed by atoms with Gasteiger partial charge < -0.3 is 9.15 Å². The Balaban J connectivity index is 1.69. The summed E-state index contributed by atoms with van der Waals surface area (Å²) in [5.74, 6) is 2.69. The second-order valence-electron chi connectivity index (χ2n) is 5.61. The van der Waals surface area contributed by atoms with Gasteiger partial charge in [0.1, 0.15) is 11.5 Å². The van der Waals surface area contributed by atoms with Crippen LogP contribution in [0.5, 0.6) is 11.5 Å². The van der Waals surface area contributed by atoms with E-state index in [9.17, 15) is 4.79 Å². The van der Waals surface area contributed by atoms with E-state index in [1.165, 1.54) is 12.8 Å². The lowest BCUT2D eigenvalue weighted by Crippen LogP contribution is -1.91. The molecule has 0 aliphatic heterocycles. The molecule has 1 aliphatic carbocycles. The Morgan fingerprint density at radius 2 is 2.00 bits per heavy atom. The number of carbonyl (C=O) groups is 1. The van der Waals surface area contributed by atoms with Crippen LogP contribution in [0.2, 0.25) is 5.02 Å². The first-order chi connectivity index (χ1) is 11.1. The van der Waals surface area contributed by atoms with Crippen molar-refractivity contribution >= 4 is 39.4 Å². The van der Waals surface area contributed by atoms with E-state index in [0.29, 0.717) is 17.4 Å². The third-order valence-corrected chi connectivity index (χ3v) is 4.40. The topological polar surface area (TPSA) is 39.4 Å². The van der Waals surface area contributed by atoms with Crippen molar-refractivity contribution < 1.29 is 13.9 Å². The minimum atomic E-state index is -0.594. The molecule has 1 heterocycles. The van der Waals surface area contributed by atoms with Gasteiger partial charge in [-0.15, -0.1) is 0 Å². The maximum atomic E-state index is 11.2. The van der Waals surface area contributed by atoms with Gasteiger partial charge >= 0.3 is 0 Å². The maximum Gasteiger partial charge on any atom is 0.253 e. The molecule has 5 heteroatoms. The molecular formula is C18H12Cl2O3. The van der Waals surface area contributed by atoms with Crippen LogP contribution in [0.4, 0.5) is 0 Å². The van der Waals surface area contributed by atoms with Gasteiger partial charge in [0.2, 0.25) is 0 Å². The van der Waals surface area contributed by atoms with E-state index in [2.05, 4.69) is 6.07 Å². The number of benzene rings is 2. The lowest BCUT2D eigenvalue weighted by Gasteiger charge is -2.07. The summed E-state index contributed by atoms with van der Waals surface area (Å²) >= 11 is 11.5. The first kappa shape index (κ1) is 14.6. The maximum absolute atomic E-state index is 11.2. The van der Waals surface area contributed by atoms with Crippen LogP contribution in [0.3, 0.4) is 0 Å². The van der Waals surface area contributed by atoms with Crippen molar-refractivity contribution in [1.82, 2.24) is 0 Å². The molecule has 23 heavy (non-hydrogen) atoms. The minimum Gasteiger partial charge on any atom is -0.457 e. The summed E-state index contributed by atoms with van der Waals surface area (Å²) in [5, 5.41) is 0.680. The number of hydrogen-bond acceptors (Lipinski definition) is 3. The average Bonchev–Trinajstić information content (AvgIpc) is 3.26. The molecule has 1 saturated carbocycles. The first-order valence-corrected chi connectivity index (χ1v) is 8.07. The Labute approximate surface area is 142 Å². The van der Waals surface area contributed by atoms with Gasteiger partial charge in [-0.1, -0.05) is 23.7 Å². The number of para-hydroxylation sites is 1. The van der Waals surface area contributed by atoms with Crippen LogP contribution in [0.1, 0.15) is 34.9 Å². The van der Waals surface area contributed by atoms with Crippen molar-refractivity contribution in [3.05, 3.63) is 58.8 Å². The largest absolute Gasteiger partial charge is 0.457 e. The number of fused-ring (bicyclic) bond motifs is 1. The first-order valence-electron chi connectivity index (χ1n) is 7.31. The minimum absolute atomic E-state index is 0.257. The molecule has 0 radical (unpaired) electrons. The van der Waals surface area contributed by atoms with Crippen molar-refractivity contribution in [2.75, 3.05) is 0 Å². The van der Waals surface area contributed by atoms with E-state index in [4.69, 9.17) is 32.4 Å². The Kier molecular flexibility index (Phi) is 3.55. The highest BCUT2D eigenvalue weighted by molar-refractivity contribution is 6.68. The molecule has 1 fully saturated rings. The molecule has 1 aliphatic rings. The molecule has 0 spiro atoms. The standard InChI is InChI=1S/C18H12Cl2O3/c19-14-9-12(6-7-13(14)18(20)21)22-15-3-1-2-11-8-16(10-4-5-10)23-17(11)15/h1-3,6-10H,4-5H2. The van der Waals surface area contributed by atoms with E-state index >= 15 is 0 Å². The van der Waals surface area contributed by atoms with Gasteiger partial charge in [-0.05, 0) is 48.7 Å². The quantitative estimate of drug-likeness (QED) is 0.533. The van der Waals surface area contributed by atoms with Crippen LogP contribution in [-0.4, -0.2) is 5.24 Å². The average molecular weight is 347 g/mol. The Morgan fingerprint density at radius 3 is 2.70 bits per heavy atom. The zero-order chi connectivity index (χ0) is 16.0. The number of rotatable bonds is 4. The van der Waals surface area contributed by atoms with Gasteiger partial charge in [-0.25, -0.2) is 0 Å². The predicted molar refractivity (Wildman–Crippen MR) is 89.9 cm³/mol. The van der Waals surface area contributed by atoms with Gasteiger partial charge in [0.15, 0.2) is 11.3 Å². The molecule has 4 rings (SSSR count). The number of hydrogen-bond donors (Lipinski definition) is 0. The molecule has 0 atom stereocenters. The van der Waals surface area contributed by atoms with Gasteiger partial charge in [0.25, 0.3) is 5.24 Å². The van der Waals surface area contributed by atoms with Gasteiger partial charge in [-0.3, -0.25) is 4.79 Å². The molecule has 0 unspecified atom stereocenters. The Hall–Kier alpha value is -1.97. The smallest absolute Gasteiger partial charge is 0.253 e. The van der Waals surface area contributed by atoms with E-state index in [1.807, 2.05) is 18.2 Å². The summed E-state index contributed by atoms with van der Waals surface area (Å²) in [4.78, 5) is 11.2. The fraction of sp³-hybridized carbons (Fsp3) is 0.167. The monoisotopic (exact) mass is 346 g/mol. The molecule has 116 valence electrons. The molecule has 1 aromatic heterocycles. The van der Waals surface area contributed by atoms with Crippen molar-refractivity contribution in [2.24, 2.45) is 0 Å². The normalized spacial score (nSPS) is 14.2. The molecule has 0 bridgehead atoms. The van der Waals surface area contributed by atoms with Gasteiger partial charge in [0.05, 0.1) is 10.6 Å². The molecule has 0 amide bonds. The van der Waals surface area contributed by atoms with Crippen molar-refractivity contribution in [1.29, 1.82) is 0 Å². The van der Waals surface area contributed by atoms with E-state index < -0.39 is 5.24 Å². The number of ether oxygens (including phenoxy) is 1. The summed E-state index contributed by atoms with van der Waals surface area (Å²) < 4.78 is 11.8. The van der Waals surface area contributed by atoms with Crippen molar-refractivity contribution in [3.8, 4) is 11.5 Å². The van der Waals surface area contributed by atoms with E-state index in [0.717, 1.165) is 16.7 Å². The highest BCUT2D eigenvalue weighted by atomic mass is 35.5. The van der Waals surface area contributed by atoms with Crippen LogP contribution >= 0.6 is 23.2 Å². The summed E-state index contributed by atoms with van der Waals surface area (Å²) in [6.07, 6.45) is 2.36. The summed E-state index contributed by atoms with van der Waals surface area (Å²) in [6.45, 7) is 0.